The number of nitrogens with zero attached hydrogens (tertiary/aromatic N) is 1. The summed E-state index contributed by atoms with van der Waals surface area (Å²) in [5.74, 6) is -1.93. The lowest BCUT2D eigenvalue weighted by atomic mass is 9.94. The van der Waals surface area contributed by atoms with Gasteiger partial charge in [0.25, 0.3) is 11.7 Å². The highest BCUT2D eigenvalue weighted by Crippen LogP contribution is 2.43. The molecule has 1 aliphatic carbocycles. The van der Waals surface area contributed by atoms with Crippen molar-refractivity contribution >= 4 is 17.4 Å². The van der Waals surface area contributed by atoms with E-state index in [0.717, 1.165) is 43.2 Å². The van der Waals surface area contributed by atoms with E-state index in [9.17, 15) is 19.1 Å². The van der Waals surface area contributed by atoms with Gasteiger partial charge in [-0.05, 0) is 54.7 Å². The molecule has 1 amide bonds. The van der Waals surface area contributed by atoms with Crippen LogP contribution in [0.25, 0.3) is 5.76 Å². The summed E-state index contributed by atoms with van der Waals surface area (Å²) >= 11 is 0. The normalized spacial score (nSPS) is 21.9. The maximum Gasteiger partial charge on any atom is 0.295 e. The van der Waals surface area contributed by atoms with Gasteiger partial charge < -0.3 is 10.0 Å². The summed E-state index contributed by atoms with van der Waals surface area (Å²) in [6.07, 6.45) is 4.64. The molecule has 2 aliphatic rings. The third kappa shape index (κ3) is 3.46. The molecule has 4 nitrogen and oxygen atoms in total. The number of halogens is 1. The minimum absolute atomic E-state index is 0.0131. The van der Waals surface area contributed by atoms with Crippen LogP contribution in [0.5, 0.6) is 0 Å². The third-order valence-corrected chi connectivity index (χ3v) is 6.02. The van der Waals surface area contributed by atoms with Crippen molar-refractivity contribution in [2.24, 2.45) is 0 Å². The fourth-order valence-corrected chi connectivity index (χ4v) is 4.44. The van der Waals surface area contributed by atoms with Gasteiger partial charge in [-0.15, -0.1) is 0 Å². The first-order valence-electron chi connectivity index (χ1n) is 10.2. The van der Waals surface area contributed by atoms with E-state index in [1.165, 1.54) is 24.3 Å². The molecule has 1 unspecified atom stereocenters. The van der Waals surface area contributed by atoms with Crippen LogP contribution in [-0.2, 0) is 16.0 Å². The number of aliphatic hydroxyl groups excluding tert-OH is 1. The van der Waals surface area contributed by atoms with Gasteiger partial charge in [-0.1, -0.05) is 44.0 Å². The minimum Gasteiger partial charge on any atom is -0.507 e. The van der Waals surface area contributed by atoms with Crippen molar-refractivity contribution in [3.05, 3.63) is 76.6 Å². The van der Waals surface area contributed by atoms with Crippen LogP contribution in [-0.4, -0.2) is 27.7 Å². The van der Waals surface area contributed by atoms with Gasteiger partial charge in [0, 0.05) is 11.6 Å². The van der Waals surface area contributed by atoms with E-state index in [0.29, 0.717) is 5.56 Å². The molecule has 1 heterocycles. The molecule has 0 radical (unpaired) electrons. The zero-order chi connectivity index (χ0) is 20.5. The molecule has 29 heavy (non-hydrogen) atoms. The Morgan fingerprint density at radius 2 is 1.66 bits per heavy atom. The maximum atomic E-state index is 13.3. The number of benzene rings is 2. The summed E-state index contributed by atoms with van der Waals surface area (Å²) in [5.41, 5.74) is 2.37. The van der Waals surface area contributed by atoms with Crippen LogP contribution in [0.1, 0.15) is 55.3 Å². The Labute approximate surface area is 169 Å². The van der Waals surface area contributed by atoms with Crippen molar-refractivity contribution in [3.63, 3.8) is 0 Å². The Hall–Kier alpha value is -2.95. The molecule has 2 fully saturated rings. The molecule has 2 aromatic carbocycles. The Kier molecular flexibility index (Phi) is 5.22. The number of rotatable bonds is 4. The van der Waals surface area contributed by atoms with Crippen molar-refractivity contribution in [3.8, 4) is 0 Å². The van der Waals surface area contributed by atoms with Crippen LogP contribution in [0.15, 0.2) is 54.1 Å². The van der Waals surface area contributed by atoms with Gasteiger partial charge >= 0.3 is 0 Å². The molecular weight excluding hydrogens is 369 g/mol. The number of Topliss-reactive ketones (excluding diaryl/α,β-unsaturated/α-hetero) is 1. The predicted octanol–water partition coefficient (Wildman–Crippen LogP) is 4.75. The zero-order valence-electron chi connectivity index (χ0n) is 16.4. The minimum atomic E-state index is -0.678. The first kappa shape index (κ1) is 19.4. The monoisotopic (exact) mass is 393 g/mol. The van der Waals surface area contributed by atoms with Gasteiger partial charge in [0.05, 0.1) is 11.6 Å². The number of likely N-dealkylation sites (tertiary alicyclic amines) is 1. The molecule has 1 saturated carbocycles. The third-order valence-electron chi connectivity index (χ3n) is 6.02. The molecule has 2 aromatic rings. The number of carbonyl (C=O) groups excluding carboxylic acids is 2. The quantitative estimate of drug-likeness (QED) is 0.463. The Balaban J connectivity index is 1.86. The molecule has 4 rings (SSSR count). The number of ketones is 1. The lowest BCUT2D eigenvalue weighted by Gasteiger charge is -2.30. The van der Waals surface area contributed by atoms with Gasteiger partial charge in [0.2, 0.25) is 0 Å². The number of carbonyl (C=O) groups is 2. The van der Waals surface area contributed by atoms with Gasteiger partial charge in [-0.2, -0.15) is 0 Å². The fourth-order valence-electron chi connectivity index (χ4n) is 4.44. The number of amides is 1. The molecule has 1 atom stereocenters. The van der Waals surface area contributed by atoms with E-state index in [-0.39, 0.29) is 17.4 Å². The van der Waals surface area contributed by atoms with Gasteiger partial charge in [0.15, 0.2) is 0 Å². The highest BCUT2D eigenvalue weighted by atomic mass is 19.1. The summed E-state index contributed by atoms with van der Waals surface area (Å²) in [4.78, 5) is 27.6. The summed E-state index contributed by atoms with van der Waals surface area (Å²) in [6, 6.07) is 12.5. The SMILES string of the molecule is CCc1ccc(C2/C(=C(/O)c3ccc(F)cc3)C(=O)C(=O)N2C2CCCC2)cc1. The summed E-state index contributed by atoms with van der Waals surface area (Å²) in [5, 5.41) is 10.9. The Morgan fingerprint density at radius 1 is 1.03 bits per heavy atom. The second kappa shape index (κ2) is 7.82. The van der Waals surface area contributed by atoms with Crippen molar-refractivity contribution in [2.75, 3.05) is 0 Å². The molecule has 0 bridgehead atoms. The molecular formula is C24H24FNO3. The number of aryl methyl sites for hydroxylation is 1. The molecule has 1 saturated heterocycles. The molecule has 1 N–H and O–H groups in total. The standard InChI is InChI=1S/C24H24FNO3/c1-2-15-7-9-16(10-8-15)21-20(22(27)17-11-13-18(25)14-12-17)23(28)24(29)26(21)19-5-3-4-6-19/h7-14,19,21,27H,2-6H2,1H3/b22-20-. The van der Waals surface area contributed by atoms with Crippen LogP contribution in [0, 0.1) is 5.82 Å². The van der Waals surface area contributed by atoms with Crippen molar-refractivity contribution in [1.29, 1.82) is 0 Å². The summed E-state index contributed by atoms with van der Waals surface area (Å²) in [6.45, 7) is 2.06. The molecule has 0 spiro atoms. The van der Waals surface area contributed by atoms with Crippen LogP contribution in [0.4, 0.5) is 4.39 Å². The van der Waals surface area contributed by atoms with E-state index in [1.54, 1.807) is 4.90 Å². The van der Waals surface area contributed by atoms with Crippen LogP contribution in [0.3, 0.4) is 0 Å². The van der Waals surface area contributed by atoms with Crippen LogP contribution >= 0.6 is 0 Å². The molecule has 5 heteroatoms. The molecule has 1 aliphatic heterocycles. The maximum absolute atomic E-state index is 13.3. The first-order chi connectivity index (χ1) is 14.0. The number of hydrogen-bond donors (Lipinski definition) is 1. The second-order valence-corrected chi connectivity index (χ2v) is 7.75. The average molecular weight is 393 g/mol. The fraction of sp³-hybridized carbons (Fsp3) is 0.333. The molecule has 150 valence electrons. The van der Waals surface area contributed by atoms with E-state index in [1.807, 2.05) is 24.3 Å². The largest absolute Gasteiger partial charge is 0.507 e. The smallest absolute Gasteiger partial charge is 0.295 e. The summed E-state index contributed by atoms with van der Waals surface area (Å²) in [7, 11) is 0. The first-order valence-corrected chi connectivity index (χ1v) is 10.2. The summed E-state index contributed by atoms with van der Waals surface area (Å²) < 4.78 is 13.3. The number of aliphatic hydroxyl groups is 1. The average Bonchev–Trinajstić information content (AvgIpc) is 3.35. The van der Waals surface area contributed by atoms with E-state index in [2.05, 4.69) is 6.92 Å². The van der Waals surface area contributed by atoms with Crippen LogP contribution < -0.4 is 0 Å². The highest BCUT2D eigenvalue weighted by molar-refractivity contribution is 6.46. The van der Waals surface area contributed by atoms with Gasteiger partial charge in [-0.25, -0.2) is 4.39 Å². The van der Waals surface area contributed by atoms with Gasteiger partial charge in [-0.3, -0.25) is 9.59 Å². The van der Waals surface area contributed by atoms with E-state index in [4.69, 9.17) is 0 Å². The van der Waals surface area contributed by atoms with Gasteiger partial charge in [0.1, 0.15) is 11.6 Å². The van der Waals surface area contributed by atoms with Crippen molar-refractivity contribution in [2.45, 2.75) is 51.1 Å². The van der Waals surface area contributed by atoms with Crippen molar-refractivity contribution in [1.82, 2.24) is 4.90 Å². The topological polar surface area (TPSA) is 57.6 Å². The lowest BCUT2D eigenvalue weighted by molar-refractivity contribution is -0.141. The van der Waals surface area contributed by atoms with Crippen LogP contribution in [0.2, 0.25) is 0 Å². The van der Waals surface area contributed by atoms with E-state index < -0.39 is 23.5 Å². The molecule has 0 aromatic heterocycles. The number of hydrogen-bond acceptors (Lipinski definition) is 3. The van der Waals surface area contributed by atoms with E-state index >= 15 is 0 Å². The zero-order valence-corrected chi connectivity index (χ0v) is 16.4. The Bertz CT molecular complexity index is 957. The lowest BCUT2D eigenvalue weighted by Crippen LogP contribution is -2.37. The Morgan fingerprint density at radius 3 is 2.24 bits per heavy atom. The van der Waals surface area contributed by atoms with Crippen molar-refractivity contribution < 1.29 is 19.1 Å². The second-order valence-electron chi connectivity index (χ2n) is 7.75. The highest BCUT2D eigenvalue weighted by Gasteiger charge is 2.49. The predicted molar refractivity (Wildman–Crippen MR) is 109 cm³/mol.